The van der Waals surface area contributed by atoms with Crippen molar-refractivity contribution in [3.63, 3.8) is 0 Å². The molecule has 0 spiro atoms. The molecule has 0 saturated carbocycles. The lowest BCUT2D eigenvalue weighted by molar-refractivity contribution is -0.115. The number of aromatic amines is 1. The van der Waals surface area contributed by atoms with Gasteiger partial charge in [0, 0.05) is 11.9 Å². The standard InChI is InChI=1S/C15H13ClF3N5O/c1-25-11-3-2-8(6-10(11)16)22-14-23-12-9(4-5-20-12)13(24-14)21-7-15(17,18)19/h2-6H,7H2,1H3,(H3,20,21,22,23,24). The quantitative estimate of drug-likeness (QED) is 0.622. The smallest absolute Gasteiger partial charge is 0.405 e. The number of nitrogens with one attached hydrogen (secondary N) is 3. The highest BCUT2D eigenvalue weighted by Crippen LogP contribution is 2.29. The number of anilines is 3. The Bertz CT molecular complexity index is 896. The summed E-state index contributed by atoms with van der Waals surface area (Å²) in [4.78, 5) is 11.2. The average molecular weight is 372 g/mol. The number of hydrogen-bond donors (Lipinski definition) is 3. The number of fused-ring (bicyclic) bond motifs is 1. The molecule has 6 nitrogen and oxygen atoms in total. The second kappa shape index (κ2) is 6.67. The largest absolute Gasteiger partial charge is 0.495 e. The van der Waals surface area contributed by atoms with Crippen LogP contribution in [-0.2, 0) is 0 Å². The van der Waals surface area contributed by atoms with Crippen molar-refractivity contribution in [3.05, 3.63) is 35.5 Å². The monoisotopic (exact) mass is 371 g/mol. The minimum atomic E-state index is -4.36. The van der Waals surface area contributed by atoms with Crippen molar-refractivity contribution in [1.29, 1.82) is 0 Å². The van der Waals surface area contributed by atoms with Crippen molar-refractivity contribution in [1.82, 2.24) is 15.0 Å². The van der Waals surface area contributed by atoms with Crippen molar-refractivity contribution in [2.45, 2.75) is 6.18 Å². The van der Waals surface area contributed by atoms with Gasteiger partial charge in [-0.1, -0.05) is 11.6 Å². The first kappa shape index (κ1) is 17.2. The Kier molecular flexibility index (Phi) is 4.58. The Morgan fingerprint density at radius 3 is 2.72 bits per heavy atom. The number of alkyl halides is 3. The van der Waals surface area contributed by atoms with Gasteiger partial charge in [0.15, 0.2) is 0 Å². The van der Waals surface area contributed by atoms with E-state index < -0.39 is 12.7 Å². The summed E-state index contributed by atoms with van der Waals surface area (Å²) in [5.74, 6) is 0.701. The third-order valence-electron chi connectivity index (χ3n) is 3.28. The minimum Gasteiger partial charge on any atom is -0.495 e. The van der Waals surface area contributed by atoms with E-state index in [0.717, 1.165) is 0 Å². The molecule has 0 fully saturated rings. The molecule has 0 amide bonds. The van der Waals surface area contributed by atoms with Gasteiger partial charge in [-0.25, -0.2) is 0 Å². The van der Waals surface area contributed by atoms with Gasteiger partial charge in [-0.3, -0.25) is 0 Å². The van der Waals surface area contributed by atoms with Crippen LogP contribution in [0.4, 0.5) is 30.6 Å². The fourth-order valence-corrected chi connectivity index (χ4v) is 2.45. The molecule has 1 aromatic carbocycles. The highest BCUT2D eigenvalue weighted by Gasteiger charge is 2.27. The van der Waals surface area contributed by atoms with E-state index in [1.807, 2.05) is 0 Å². The zero-order valence-electron chi connectivity index (χ0n) is 12.9. The number of hydrogen-bond acceptors (Lipinski definition) is 5. The summed E-state index contributed by atoms with van der Waals surface area (Å²) in [7, 11) is 1.50. The summed E-state index contributed by atoms with van der Waals surface area (Å²) in [5.41, 5.74) is 0.972. The fraction of sp³-hybridized carbons (Fsp3) is 0.200. The lowest BCUT2D eigenvalue weighted by Gasteiger charge is -2.12. The van der Waals surface area contributed by atoms with Gasteiger partial charge in [-0.05, 0) is 24.3 Å². The number of H-pyrrole nitrogens is 1. The van der Waals surface area contributed by atoms with E-state index in [1.165, 1.54) is 7.11 Å². The fourth-order valence-electron chi connectivity index (χ4n) is 2.19. The van der Waals surface area contributed by atoms with Crippen molar-refractivity contribution in [3.8, 4) is 5.75 Å². The normalized spacial score (nSPS) is 11.6. The molecule has 0 saturated heterocycles. The highest BCUT2D eigenvalue weighted by atomic mass is 35.5. The van der Waals surface area contributed by atoms with Gasteiger partial charge in [-0.15, -0.1) is 0 Å². The number of rotatable bonds is 5. The van der Waals surface area contributed by atoms with E-state index in [2.05, 4.69) is 25.6 Å². The van der Waals surface area contributed by atoms with Crippen LogP contribution in [-0.4, -0.2) is 34.8 Å². The van der Waals surface area contributed by atoms with Crippen molar-refractivity contribution < 1.29 is 17.9 Å². The topological polar surface area (TPSA) is 74.9 Å². The highest BCUT2D eigenvalue weighted by molar-refractivity contribution is 6.32. The molecule has 0 radical (unpaired) electrons. The molecule has 2 aromatic heterocycles. The second-order valence-corrected chi connectivity index (χ2v) is 5.49. The first-order valence-corrected chi connectivity index (χ1v) is 7.50. The lowest BCUT2D eigenvalue weighted by atomic mass is 10.3. The second-order valence-electron chi connectivity index (χ2n) is 5.08. The first-order valence-electron chi connectivity index (χ1n) is 7.12. The molecular weight excluding hydrogens is 359 g/mol. The molecule has 25 heavy (non-hydrogen) atoms. The zero-order valence-corrected chi connectivity index (χ0v) is 13.7. The van der Waals surface area contributed by atoms with Crippen molar-refractivity contribution in [2.24, 2.45) is 0 Å². The summed E-state index contributed by atoms with van der Waals surface area (Å²) in [6.45, 7) is -1.20. The molecule has 132 valence electrons. The van der Waals surface area contributed by atoms with Crippen LogP contribution in [0.25, 0.3) is 11.0 Å². The Balaban J connectivity index is 1.90. The Labute approximate surface area is 145 Å². The number of nitrogens with zero attached hydrogens (tertiary/aromatic N) is 2. The first-order chi connectivity index (χ1) is 11.9. The van der Waals surface area contributed by atoms with Crippen LogP contribution in [0.5, 0.6) is 5.75 Å². The van der Waals surface area contributed by atoms with Gasteiger partial charge in [0.05, 0.1) is 17.5 Å². The number of aromatic nitrogens is 3. The summed E-state index contributed by atoms with van der Waals surface area (Å²) in [6.07, 6.45) is -2.78. The third kappa shape index (κ3) is 4.05. The van der Waals surface area contributed by atoms with Crippen LogP contribution >= 0.6 is 11.6 Å². The molecule has 2 heterocycles. The molecule has 0 aliphatic heterocycles. The summed E-state index contributed by atoms with van der Waals surface area (Å²) < 4.78 is 42.5. The Morgan fingerprint density at radius 1 is 1.24 bits per heavy atom. The molecule has 3 aromatic rings. The van der Waals surface area contributed by atoms with Crippen molar-refractivity contribution >= 4 is 40.1 Å². The van der Waals surface area contributed by atoms with Crippen LogP contribution in [0.2, 0.25) is 5.02 Å². The van der Waals surface area contributed by atoms with E-state index in [1.54, 1.807) is 30.5 Å². The number of methoxy groups -OCH3 is 1. The molecule has 0 aliphatic carbocycles. The molecule has 0 bridgehead atoms. The van der Waals surface area contributed by atoms with Crippen LogP contribution in [0.3, 0.4) is 0 Å². The molecular formula is C15H13ClF3N5O. The van der Waals surface area contributed by atoms with E-state index in [-0.39, 0.29) is 11.8 Å². The molecule has 10 heteroatoms. The van der Waals surface area contributed by atoms with Gasteiger partial charge in [0.2, 0.25) is 5.95 Å². The van der Waals surface area contributed by atoms with Crippen LogP contribution in [0.15, 0.2) is 30.5 Å². The SMILES string of the molecule is COc1ccc(Nc2nc(NCC(F)(F)F)c3cc[nH]c3n2)cc1Cl. The van der Waals surface area contributed by atoms with Crippen LogP contribution < -0.4 is 15.4 Å². The summed E-state index contributed by atoms with van der Waals surface area (Å²) in [5, 5.41) is 6.04. The van der Waals surface area contributed by atoms with E-state index in [4.69, 9.17) is 16.3 Å². The maximum absolute atomic E-state index is 12.5. The Hall–Kier alpha value is -2.68. The minimum absolute atomic E-state index is 0.0747. The Morgan fingerprint density at radius 2 is 2.04 bits per heavy atom. The molecule has 0 aliphatic rings. The van der Waals surface area contributed by atoms with Gasteiger partial charge < -0.3 is 20.4 Å². The zero-order chi connectivity index (χ0) is 18.0. The maximum atomic E-state index is 12.5. The van der Waals surface area contributed by atoms with Gasteiger partial charge in [0.25, 0.3) is 0 Å². The molecule has 0 unspecified atom stereocenters. The molecule has 0 atom stereocenters. The lowest BCUT2D eigenvalue weighted by Crippen LogP contribution is -2.22. The maximum Gasteiger partial charge on any atom is 0.405 e. The van der Waals surface area contributed by atoms with E-state index in [9.17, 15) is 13.2 Å². The van der Waals surface area contributed by atoms with Gasteiger partial charge in [-0.2, -0.15) is 23.1 Å². The van der Waals surface area contributed by atoms with Crippen LogP contribution in [0.1, 0.15) is 0 Å². The van der Waals surface area contributed by atoms with Crippen molar-refractivity contribution in [2.75, 3.05) is 24.3 Å². The van der Waals surface area contributed by atoms with Gasteiger partial charge in [0.1, 0.15) is 23.8 Å². The molecule has 3 rings (SSSR count). The van der Waals surface area contributed by atoms with E-state index in [0.29, 0.717) is 27.5 Å². The predicted molar refractivity (Wildman–Crippen MR) is 89.7 cm³/mol. The number of ether oxygens (including phenoxy) is 1. The average Bonchev–Trinajstić information content (AvgIpc) is 3.00. The number of benzene rings is 1. The van der Waals surface area contributed by atoms with Gasteiger partial charge >= 0.3 is 6.18 Å². The number of halogens is 4. The van der Waals surface area contributed by atoms with Crippen LogP contribution in [0, 0.1) is 0 Å². The third-order valence-corrected chi connectivity index (χ3v) is 3.58. The summed E-state index contributed by atoms with van der Waals surface area (Å²) >= 11 is 6.06. The predicted octanol–water partition coefficient (Wildman–Crippen LogP) is 4.34. The van der Waals surface area contributed by atoms with E-state index >= 15 is 0 Å². The summed E-state index contributed by atoms with van der Waals surface area (Å²) in [6, 6.07) is 6.55. The molecule has 3 N–H and O–H groups in total.